The molecule has 2 N–H and O–H groups in total. The molecular formula is C13H21N3O2. The average molecular weight is 251 g/mol. The first-order chi connectivity index (χ1) is 8.65. The Balaban J connectivity index is 1.71. The van der Waals surface area contributed by atoms with Crippen molar-refractivity contribution in [2.45, 2.75) is 32.0 Å². The van der Waals surface area contributed by atoms with E-state index >= 15 is 0 Å². The van der Waals surface area contributed by atoms with Crippen LogP contribution < -0.4 is 10.6 Å². The van der Waals surface area contributed by atoms with E-state index in [9.17, 15) is 4.79 Å². The number of furan rings is 1. The first kappa shape index (κ1) is 13.1. The first-order valence-electron chi connectivity index (χ1n) is 6.40. The number of nitrogens with zero attached hydrogens (tertiary/aromatic N) is 1. The molecular weight excluding hydrogens is 230 g/mol. The largest absolute Gasteiger partial charge is 0.467 e. The number of hydrogen-bond acceptors (Lipinski definition) is 4. The highest BCUT2D eigenvalue weighted by atomic mass is 16.3. The van der Waals surface area contributed by atoms with Crippen LogP contribution in [-0.2, 0) is 11.3 Å². The molecule has 2 unspecified atom stereocenters. The van der Waals surface area contributed by atoms with E-state index < -0.39 is 0 Å². The Morgan fingerprint density at radius 1 is 1.67 bits per heavy atom. The minimum Gasteiger partial charge on any atom is -0.467 e. The van der Waals surface area contributed by atoms with E-state index in [1.807, 2.05) is 19.1 Å². The summed E-state index contributed by atoms with van der Waals surface area (Å²) in [7, 11) is 2.10. The van der Waals surface area contributed by atoms with Gasteiger partial charge >= 0.3 is 0 Å². The predicted octanol–water partition coefficient (Wildman–Crippen LogP) is 0.578. The molecule has 0 radical (unpaired) electrons. The second-order valence-electron chi connectivity index (χ2n) is 4.93. The van der Waals surface area contributed by atoms with Crippen molar-refractivity contribution in [1.29, 1.82) is 0 Å². The summed E-state index contributed by atoms with van der Waals surface area (Å²) in [4.78, 5) is 14.1. The SMILES string of the molecule is CC(NC1CCN(C)C1)C(=O)NCc1ccco1. The molecule has 100 valence electrons. The second kappa shape index (κ2) is 6.02. The molecule has 0 aromatic carbocycles. The smallest absolute Gasteiger partial charge is 0.237 e. The molecule has 0 saturated carbocycles. The highest BCUT2D eigenvalue weighted by Gasteiger charge is 2.23. The van der Waals surface area contributed by atoms with Crippen molar-refractivity contribution in [2.24, 2.45) is 0 Å². The topological polar surface area (TPSA) is 57.5 Å². The van der Waals surface area contributed by atoms with E-state index in [2.05, 4.69) is 22.6 Å². The summed E-state index contributed by atoms with van der Waals surface area (Å²) in [5, 5.41) is 6.22. The minimum absolute atomic E-state index is 0.0148. The van der Waals surface area contributed by atoms with Crippen LogP contribution in [0.25, 0.3) is 0 Å². The van der Waals surface area contributed by atoms with Crippen LogP contribution in [0.3, 0.4) is 0 Å². The molecule has 1 aromatic rings. The van der Waals surface area contributed by atoms with E-state index in [1.54, 1.807) is 6.26 Å². The molecule has 1 saturated heterocycles. The fourth-order valence-electron chi connectivity index (χ4n) is 2.24. The summed E-state index contributed by atoms with van der Waals surface area (Å²) in [6.07, 6.45) is 2.71. The lowest BCUT2D eigenvalue weighted by molar-refractivity contribution is -0.123. The second-order valence-corrected chi connectivity index (χ2v) is 4.93. The van der Waals surface area contributed by atoms with Gasteiger partial charge in [-0.3, -0.25) is 4.79 Å². The van der Waals surface area contributed by atoms with Crippen molar-refractivity contribution in [3.05, 3.63) is 24.2 Å². The Morgan fingerprint density at radius 2 is 2.50 bits per heavy atom. The summed E-state index contributed by atoms with van der Waals surface area (Å²) in [6, 6.07) is 3.91. The summed E-state index contributed by atoms with van der Waals surface area (Å²) in [5.74, 6) is 0.789. The fourth-order valence-corrected chi connectivity index (χ4v) is 2.24. The lowest BCUT2D eigenvalue weighted by Crippen LogP contribution is -2.47. The summed E-state index contributed by atoms with van der Waals surface area (Å²) in [6.45, 7) is 4.45. The third-order valence-electron chi connectivity index (χ3n) is 3.29. The average Bonchev–Trinajstić information content (AvgIpc) is 2.97. The van der Waals surface area contributed by atoms with Gasteiger partial charge in [0.1, 0.15) is 5.76 Å². The van der Waals surface area contributed by atoms with E-state index in [1.165, 1.54) is 0 Å². The zero-order valence-electron chi connectivity index (χ0n) is 11.0. The molecule has 5 nitrogen and oxygen atoms in total. The number of nitrogens with one attached hydrogen (secondary N) is 2. The summed E-state index contributed by atoms with van der Waals surface area (Å²) >= 11 is 0. The van der Waals surface area contributed by atoms with Crippen molar-refractivity contribution in [1.82, 2.24) is 15.5 Å². The van der Waals surface area contributed by atoms with Crippen LogP contribution in [0.2, 0.25) is 0 Å². The van der Waals surface area contributed by atoms with Gasteiger partial charge in [0, 0.05) is 12.6 Å². The number of carbonyl (C=O) groups excluding carboxylic acids is 1. The molecule has 0 aliphatic carbocycles. The summed E-state index contributed by atoms with van der Waals surface area (Å²) in [5.41, 5.74) is 0. The number of amides is 1. The Hall–Kier alpha value is -1.33. The molecule has 0 spiro atoms. The number of hydrogen-bond donors (Lipinski definition) is 2. The maximum atomic E-state index is 11.9. The van der Waals surface area contributed by atoms with Gasteiger partial charge in [0.25, 0.3) is 0 Å². The van der Waals surface area contributed by atoms with Gasteiger partial charge in [-0.05, 0) is 39.1 Å². The van der Waals surface area contributed by atoms with Crippen molar-refractivity contribution in [3.63, 3.8) is 0 Å². The number of carbonyl (C=O) groups is 1. The molecule has 2 atom stereocenters. The molecule has 5 heteroatoms. The third-order valence-corrected chi connectivity index (χ3v) is 3.29. The van der Waals surface area contributed by atoms with Crippen molar-refractivity contribution < 1.29 is 9.21 Å². The van der Waals surface area contributed by atoms with Gasteiger partial charge in [0.2, 0.25) is 5.91 Å². The number of likely N-dealkylation sites (tertiary alicyclic amines) is 1. The molecule has 0 bridgehead atoms. The van der Waals surface area contributed by atoms with Crippen LogP contribution in [0.4, 0.5) is 0 Å². The highest BCUT2D eigenvalue weighted by molar-refractivity contribution is 5.81. The van der Waals surface area contributed by atoms with Gasteiger partial charge in [-0.1, -0.05) is 0 Å². The molecule has 1 fully saturated rings. The molecule has 1 aromatic heterocycles. The van der Waals surface area contributed by atoms with Gasteiger partial charge in [-0.25, -0.2) is 0 Å². The zero-order chi connectivity index (χ0) is 13.0. The standard InChI is InChI=1S/C13H21N3O2/c1-10(15-11-5-6-16(2)9-11)13(17)14-8-12-4-3-7-18-12/h3-4,7,10-11,15H,5-6,8-9H2,1-2H3,(H,14,17). The van der Waals surface area contributed by atoms with Crippen LogP contribution in [-0.4, -0.2) is 43.0 Å². The van der Waals surface area contributed by atoms with E-state index in [4.69, 9.17) is 4.42 Å². The normalized spacial score (nSPS) is 22.0. The van der Waals surface area contributed by atoms with Crippen molar-refractivity contribution in [2.75, 3.05) is 20.1 Å². The predicted molar refractivity (Wildman–Crippen MR) is 69.1 cm³/mol. The molecule has 1 amide bonds. The third kappa shape index (κ3) is 3.58. The Bertz CT molecular complexity index is 378. The molecule has 1 aliphatic rings. The van der Waals surface area contributed by atoms with Gasteiger partial charge in [-0.2, -0.15) is 0 Å². The van der Waals surface area contributed by atoms with Gasteiger partial charge < -0.3 is 20.0 Å². The van der Waals surface area contributed by atoms with Crippen molar-refractivity contribution in [3.8, 4) is 0 Å². The van der Waals surface area contributed by atoms with Gasteiger partial charge in [-0.15, -0.1) is 0 Å². The maximum Gasteiger partial charge on any atom is 0.237 e. The van der Waals surface area contributed by atoms with Crippen molar-refractivity contribution >= 4 is 5.91 Å². The monoisotopic (exact) mass is 251 g/mol. The minimum atomic E-state index is -0.170. The van der Waals surface area contributed by atoms with E-state index in [0.717, 1.165) is 25.3 Å². The molecule has 1 aliphatic heterocycles. The fraction of sp³-hybridized carbons (Fsp3) is 0.615. The first-order valence-corrected chi connectivity index (χ1v) is 6.40. The Morgan fingerprint density at radius 3 is 3.11 bits per heavy atom. The molecule has 18 heavy (non-hydrogen) atoms. The summed E-state index contributed by atoms with van der Waals surface area (Å²) < 4.78 is 5.17. The molecule has 2 rings (SSSR count). The zero-order valence-corrected chi connectivity index (χ0v) is 11.0. The highest BCUT2D eigenvalue weighted by Crippen LogP contribution is 2.07. The van der Waals surface area contributed by atoms with Crippen LogP contribution in [0.5, 0.6) is 0 Å². The van der Waals surface area contributed by atoms with Crippen LogP contribution in [0.1, 0.15) is 19.1 Å². The Labute approximate surface area is 108 Å². The van der Waals surface area contributed by atoms with Crippen LogP contribution in [0, 0.1) is 0 Å². The van der Waals surface area contributed by atoms with Gasteiger partial charge in [0.05, 0.1) is 18.8 Å². The van der Waals surface area contributed by atoms with Crippen LogP contribution >= 0.6 is 0 Å². The van der Waals surface area contributed by atoms with Gasteiger partial charge in [0.15, 0.2) is 0 Å². The van der Waals surface area contributed by atoms with E-state index in [-0.39, 0.29) is 11.9 Å². The number of likely N-dealkylation sites (N-methyl/N-ethyl adjacent to an activating group) is 1. The van der Waals surface area contributed by atoms with E-state index in [0.29, 0.717) is 12.6 Å². The maximum absolute atomic E-state index is 11.9. The lowest BCUT2D eigenvalue weighted by Gasteiger charge is -2.18. The Kier molecular flexibility index (Phi) is 4.38. The number of rotatable bonds is 5. The van der Waals surface area contributed by atoms with Crippen LogP contribution in [0.15, 0.2) is 22.8 Å². The molecule has 2 heterocycles. The lowest BCUT2D eigenvalue weighted by atomic mass is 10.2. The quantitative estimate of drug-likeness (QED) is 0.803.